The van der Waals surface area contributed by atoms with Gasteiger partial charge < -0.3 is 11.1 Å². The first-order valence-electron chi connectivity index (χ1n) is 8.51. The number of benzene rings is 1. The van der Waals surface area contributed by atoms with Crippen molar-refractivity contribution in [1.82, 2.24) is 19.4 Å². The Morgan fingerprint density at radius 3 is 2.57 bits per heavy atom. The lowest BCUT2D eigenvalue weighted by molar-refractivity contribution is 0.0993. The molecule has 8 nitrogen and oxygen atoms in total. The van der Waals surface area contributed by atoms with Crippen LogP contribution in [0.25, 0.3) is 16.9 Å². The summed E-state index contributed by atoms with van der Waals surface area (Å²) in [6.07, 6.45) is 2.96. The van der Waals surface area contributed by atoms with Gasteiger partial charge in [-0.2, -0.15) is 0 Å². The Morgan fingerprint density at radius 1 is 1.07 bits per heavy atom. The van der Waals surface area contributed by atoms with Gasteiger partial charge in [-0.05, 0) is 24.6 Å². The van der Waals surface area contributed by atoms with Crippen molar-refractivity contribution >= 4 is 23.3 Å². The molecule has 1 aromatic carbocycles. The number of anilines is 1. The zero-order valence-electron chi connectivity index (χ0n) is 15.0. The van der Waals surface area contributed by atoms with E-state index >= 15 is 0 Å². The molecule has 0 saturated carbocycles. The van der Waals surface area contributed by atoms with Crippen molar-refractivity contribution in [2.75, 3.05) is 5.32 Å². The number of imidazole rings is 1. The molecule has 0 unspecified atom stereocenters. The van der Waals surface area contributed by atoms with Crippen molar-refractivity contribution in [3.05, 3.63) is 78.0 Å². The van der Waals surface area contributed by atoms with Gasteiger partial charge in [0.25, 0.3) is 11.8 Å². The Balaban J connectivity index is 1.88. The van der Waals surface area contributed by atoms with Crippen LogP contribution in [-0.4, -0.2) is 31.2 Å². The number of nitrogens with zero attached hydrogens (tertiary/aromatic N) is 4. The van der Waals surface area contributed by atoms with E-state index in [0.29, 0.717) is 11.5 Å². The lowest BCUT2D eigenvalue weighted by Gasteiger charge is -2.11. The predicted octanol–water partition coefficient (Wildman–Crippen LogP) is 2.45. The summed E-state index contributed by atoms with van der Waals surface area (Å²) in [5.74, 6) is -0.666. The zero-order valence-corrected chi connectivity index (χ0v) is 15.0. The Morgan fingerprint density at radius 2 is 1.86 bits per heavy atom. The molecule has 0 atom stereocenters. The van der Waals surface area contributed by atoms with E-state index < -0.39 is 11.8 Å². The summed E-state index contributed by atoms with van der Waals surface area (Å²) in [6, 6.07) is 14.6. The number of rotatable bonds is 4. The number of fused-ring (bicyclic) bond motifs is 1. The molecule has 4 rings (SSSR count). The Hall–Kier alpha value is -4.07. The van der Waals surface area contributed by atoms with E-state index in [2.05, 4.69) is 20.3 Å². The number of aromatic nitrogens is 4. The van der Waals surface area contributed by atoms with Gasteiger partial charge in [0, 0.05) is 11.8 Å². The summed E-state index contributed by atoms with van der Waals surface area (Å²) < 4.78 is 1.44. The fourth-order valence-electron chi connectivity index (χ4n) is 2.86. The first-order chi connectivity index (χ1) is 13.5. The van der Waals surface area contributed by atoms with E-state index in [1.54, 1.807) is 18.3 Å². The molecule has 0 aliphatic heterocycles. The highest BCUT2D eigenvalue weighted by Crippen LogP contribution is 2.22. The van der Waals surface area contributed by atoms with Gasteiger partial charge in [0.1, 0.15) is 17.8 Å². The van der Waals surface area contributed by atoms with Crippen LogP contribution in [0.1, 0.15) is 26.5 Å². The van der Waals surface area contributed by atoms with Crippen LogP contribution in [0, 0.1) is 6.92 Å². The number of nitrogens with two attached hydrogens (primary N) is 1. The lowest BCUT2D eigenvalue weighted by Crippen LogP contribution is -2.18. The van der Waals surface area contributed by atoms with Gasteiger partial charge in [-0.3, -0.25) is 14.0 Å². The molecule has 0 radical (unpaired) electrons. The Bertz CT molecular complexity index is 1200. The number of hydrogen-bond acceptors (Lipinski definition) is 5. The van der Waals surface area contributed by atoms with Gasteiger partial charge in [0.15, 0.2) is 11.3 Å². The Kier molecular flexibility index (Phi) is 4.29. The molecule has 0 bridgehead atoms. The number of aryl methyl sites for hydroxylation is 1. The number of pyridine rings is 1. The summed E-state index contributed by atoms with van der Waals surface area (Å²) >= 11 is 0. The predicted molar refractivity (Wildman–Crippen MR) is 104 cm³/mol. The maximum atomic E-state index is 13.0. The van der Waals surface area contributed by atoms with E-state index in [0.717, 1.165) is 11.1 Å². The number of carbonyl (C=O) groups excluding carboxylic acids is 2. The van der Waals surface area contributed by atoms with Crippen molar-refractivity contribution in [3.63, 3.8) is 0 Å². The molecule has 28 heavy (non-hydrogen) atoms. The summed E-state index contributed by atoms with van der Waals surface area (Å²) in [5.41, 5.74) is 8.05. The maximum absolute atomic E-state index is 13.0. The Labute approximate surface area is 160 Å². The van der Waals surface area contributed by atoms with Gasteiger partial charge in [-0.25, -0.2) is 15.0 Å². The highest BCUT2D eigenvalue weighted by molar-refractivity contribution is 6.05. The van der Waals surface area contributed by atoms with Crippen LogP contribution in [0.15, 0.2) is 61.1 Å². The van der Waals surface area contributed by atoms with Crippen molar-refractivity contribution in [3.8, 4) is 11.3 Å². The number of primary amides is 1. The van der Waals surface area contributed by atoms with E-state index in [4.69, 9.17) is 5.73 Å². The van der Waals surface area contributed by atoms with Crippen molar-refractivity contribution in [1.29, 1.82) is 0 Å². The molecule has 2 amide bonds. The molecule has 3 heterocycles. The molecule has 0 spiro atoms. The van der Waals surface area contributed by atoms with E-state index in [-0.39, 0.29) is 17.0 Å². The molecule has 3 N–H and O–H groups in total. The van der Waals surface area contributed by atoms with Gasteiger partial charge >= 0.3 is 0 Å². The molecule has 0 aliphatic carbocycles. The first kappa shape index (κ1) is 17.3. The molecule has 4 aromatic rings. The van der Waals surface area contributed by atoms with Crippen LogP contribution in [-0.2, 0) is 0 Å². The molecular formula is C20H16N6O2. The standard InChI is InChI=1S/C20H16N6O2/c1-12-6-5-9-22-18(12)25-20(28)15-10-14(13-7-3-2-4-8-13)24-19-16(17(21)27)23-11-26(15)19/h2-11H,1H3,(H2,21,27)(H,22,25,28). The smallest absolute Gasteiger partial charge is 0.273 e. The second-order valence-electron chi connectivity index (χ2n) is 6.17. The maximum Gasteiger partial charge on any atom is 0.273 e. The minimum atomic E-state index is -0.716. The SMILES string of the molecule is Cc1cccnc1NC(=O)c1cc(-c2ccccc2)nc2c(C(N)=O)ncn12. The third kappa shape index (κ3) is 3.07. The molecule has 0 saturated heterocycles. The molecule has 138 valence electrons. The van der Waals surface area contributed by atoms with Gasteiger partial charge in [0.05, 0.1) is 5.69 Å². The number of hydrogen-bond donors (Lipinski definition) is 2. The summed E-state index contributed by atoms with van der Waals surface area (Å²) in [7, 11) is 0. The second-order valence-corrected chi connectivity index (χ2v) is 6.17. The summed E-state index contributed by atoms with van der Waals surface area (Å²) in [6.45, 7) is 1.85. The largest absolute Gasteiger partial charge is 0.364 e. The van der Waals surface area contributed by atoms with Crippen LogP contribution in [0.5, 0.6) is 0 Å². The van der Waals surface area contributed by atoms with Crippen LogP contribution in [0.2, 0.25) is 0 Å². The van der Waals surface area contributed by atoms with Crippen molar-refractivity contribution in [2.45, 2.75) is 6.92 Å². The minimum absolute atomic E-state index is 0.000785. The van der Waals surface area contributed by atoms with E-state index in [1.807, 2.05) is 43.3 Å². The summed E-state index contributed by atoms with van der Waals surface area (Å²) in [4.78, 5) is 37.5. The number of nitrogens with one attached hydrogen (secondary N) is 1. The van der Waals surface area contributed by atoms with Gasteiger partial charge in [0.2, 0.25) is 0 Å². The number of carbonyl (C=O) groups is 2. The van der Waals surface area contributed by atoms with Crippen LogP contribution >= 0.6 is 0 Å². The highest BCUT2D eigenvalue weighted by atomic mass is 16.2. The third-order valence-corrected chi connectivity index (χ3v) is 4.28. The van der Waals surface area contributed by atoms with Crippen molar-refractivity contribution in [2.24, 2.45) is 5.73 Å². The van der Waals surface area contributed by atoms with Crippen LogP contribution in [0.4, 0.5) is 5.82 Å². The first-order valence-corrected chi connectivity index (χ1v) is 8.51. The molecule has 0 fully saturated rings. The summed E-state index contributed by atoms with van der Waals surface area (Å²) in [5, 5.41) is 2.79. The minimum Gasteiger partial charge on any atom is -0.364 e. The normalized spacial score (nSPS) is 10.8. The third-order valence-electron chi connectivity index (χ3n) is 4.28. The number of amides is 2. The molecule has 8 heteroatoms. The average molecular weight is 372 g/mol. The lowest BCUT2D eigenvalue weighted by atomic mass is 10.1. The second kappa shape index (κ2) is 6.92. The van der Waals surface area contributed by atoms with Crippen LogP contribution in [0.3, 0.4) is 0 Å². The quantitative estimate of drug-likeness (QED) is 0.571. The zero-order chi connectivity index (χ0) is 19.7. The molecular weight excluding hydrogens is 356 g/mol. The average Bonchev–Trinajstić information content (AvgIpc) is 3.14. The van der Waals surface area contributed by atoms with Crippen molar-refractivity contribution < 1.29 is 9.59 Å². The fraction of sp³-hybridized carbons (Fsp3) is 0.0500. The molecule has 3 aromatic heterocycles. The van der Waals surface area contributed by atoms with E-state index in [9.17, 15) is 9.59 Å². The highest BCUT2D eigenvalue weighted by Gasteiger charge is 2.20. The van der Waals surface area contributed by atoms with E-state index in [1.165, 1.54) is 10.7 Å². The van der Waals surface area contributed by atoms with Gasteiger partial charge in [-0.15, -0.1) is 0 Å². The van der Waals surface area contributed by atoms with Gasteiger partial charge in [-0.1, -0.05) is 36.4 Å². The van der Waals surface area contributed by atoms with Crippen LogP contribution < -0.4 is 11.1 Å². The fourth-order valence-corrected chi connectivity index (χ4v) is 2.86. The molecule has 0 aliphatic rings. The monoisotopic (exact) mass is 372 g/mol. The topological polar surface area (TPSA) is 115 Å².